The number of nitrogens with zero attached hydrogens (tertiary/aromatic N) is 4. The molecule has 0 spiro atoms. The fourth-order valence-electron chi connectivity index (χ4n) is 5.51. The van der Waals surface area contributed by atoms with E-state index < -0.39 is 5.92 Å². The number of carbonyl (C=O) groups excluding carboxylic acids is 2. The zero-order valence-electron chi connectivity index (χ0n) is 24.8. The molecule has 11 heteroatoms. The first-order chi connectivity index (χ1) is 20.5. The number of hydrogen-bond donors (Lipinski definition) is 2. The van der Waals surface area contributed by atoms with Crippen molar-refractivity contribution in [2.75, 3.05) is 23.1 Å². The molecule has 5 rings (SSSR count). The van der Waals surface area contributed by atoms with Gasteiger partial charge >= 0.3 is 0 Å². The maximum Gasteiger partial charge on any atom is 0.234 e. The van der Waals surface area contributed by atoms with Crippen LogP contribution in [0.3, 0.4) is 0 Å². The Labute approximate surface area is 259 Å². The smallest absolute Gasteiger partial charge is 0.234 e. The van der Waals surface area contributed by atoms with E-state index in [1.54, 1.807) is 36.3 Å². The van der Waals surface area contributed by atoms with Gasteiger partial charge in [-0.2, -0.15) is 5.26 Å². The molecule has 0 radical (unpaired) electrons. The number of anilines is 2. The number of methoxy groups -OCH3 is 1. The number of nitriles is 1. The molecule has 43 heavy (non-hydrogen) atoms. The van der Waals surface area contributed by atoms with Gasteiger partial charge in [-0.05, 0) is 41.0 Å². The van der Waals surface area contributed by atoms with E-state index >= 15 is 0 Å². The van der Waals surface area contributed by atoms with E-state index in [9.17, 15) is 14.9 Å². The summed E-state index contributed by atoms with van der Waals surface area (Å²) in [6, 6.07) is 17.5. The van der Waals surface area contributed by atoms with Gasteiger partial charge < -0.3 is 15.8 Å². The molecule has 1 aliphatic heterocycles. The number of Topliss-reactive ketones (excluding diaryl/α,β-unsaturated/α-hetero) is 1. The number of thioether (sulfide) groups is 1. The quantitative estimate of drug-likeness (QED) is 0.279. The minimum atomic E-state index is -0.553. The van der Waals surface area contributed by atoms with Crippen molar-refractivity contribution in [3.05, 3.63) is 82.3 Å². The van der Waals surface area contributed by atoms with Crippen LogP contribution in [-0.2, 0) is 9.59 Å². The lowest BCUT2D eigenvalue weighted by Crippen LogP contribution is -2.42. The van der Waals surface area contributed by atoms with Crippen LogP contribution >= 0.6 is 23.1 Å². The third-order valence-electron chi connectivity index (χ3n) is 7.58. The first-order valence-electron chi connectivity index (χ1n) is 14.0. The number of nitrogens with one attached hydrogen (secondary N) is 1. The molecule has 2 heterocycles. The fraction of sp³-hybridized carbons (Fsp3) is 0.344. The molecule has 0 fully saturated rings. The summed E-state index contributed by atoms with van der Waals surface area (Å²) < 4.78 is 5.78. The molecule has 222 valence electrons. The summed E-state index contributed by atoms with van der Waals surface area (Å²) in [4.78, 5) is 28.1. The van der Waals surface area contributed by atoms with Crippen LogP contribution in [0.15, 0.2) is 75.5 Å². The third-order valence-corrected chi connectivity index (χ3v) is 9.63. The molecule has 3 aromatic rings. The number of ether oxygens (including phenoxy) is 1. The number of aromatic nitrogens is 2. The number of nitrogens with two attached hydrogens (primary N) is 1. The van der Waals surface area contributed by atoms with Crippen molar-refractivity contribution in [1.82, 2.24) is 10.2 Å². The zero-order chi connectivity index (χ0) is 30.9. The van der Waals surface area contributed by atoms with Gasteiger partial charge in [-0.25, -0.2) is 0 Å². The summed E-state index contributed by atoms with van der Waals surface area (Å²) in [7, 11) is 1.57. The SMILES string of the molecule is COc1cccc(NC(=O)CSc2nnc(N3C(N)=C(C#N)C(c4ccc(C(C)C)cc4)C4=C3CC(C)(C)CC4=O)s2)c1. The number of allylic oxidation sites excluding steroid dienone is 3. The van der Waals surface area contributed by atoms with E-state index in [1.807, 2.05) is 24.3 Å². The maximum atomic E-state index is 13.8. The summed E-state index contributed by atoms with van der Waals surface area (Å²) in [5, 5.41) is 22.3. The lowest BCUT2D eigenvalue weighted by atomic mass is 9.68. The molecular weight excluding hydrogens is 581 g/mol. The lowest BCUT2D eigenvalue weighted by Gasteiger charge is -2.42. The maximum absolute atomic E-state index is 13.8. The molecule has 1 aromatic heterocycles. The van der Waals surface area contributed by atoms with E-state index in [-0.39, 0.29) is 28.7 Å². The van der Waals surface area contributed by atoms with Gasteiger partial charge in [-0.1, -0.05) is 81.1 Å². The Morgan fingerprint density at radius 1 is 1.23 bits per heavy atom. The monoisotopic (exact) mass is 614 g/mol. The van der Waals surface area contributed by atoms with Gasteiger partial charge in [-0.15, -0.1) is 10.2 Å². The number of amides is 1. The molecule has 2 aromatic carbocycles. The first kappa shape index (κ1) is 30.3. The topological polar surface area (TPSA) is 134 Å². The van der Waals surface area contributed by atoms with Gasteiger partial charge in [0, 0.05) is 29.4 Å². The molecular formula is C32H34N6O3S2. The number of carbonyl (C=O) groups is 2. The molecule has 3 N–H and O–H groups in total. The Bertz CT molecular complexity index is 1670. The van der Waals surface area contributed by atoms with Crippen LogP contribution in [-0.4, -0.2) is 34.8 Å². The predicted octanol–water partition coefficient (Wildman–Crippen LogP) is 6.34. The van der Waals surface area contributed by atoms with Gasteiger partial charge in [-0.3, -0.25) is 14.5 Å². The zero-order valence-corrected chi connectivity index (χ0v) is 26.4. The number of rotatable bonds is 8. The molecule has 0 bridgehead atoms. The van der Waals surface area contributed by atoms with Crippen LogP contribution < -0.4 is 20.7 Å². The van der Waals surface area contributed by atoms with Crippen molar-refractivity contribution in [3.63, 3.8) is 0 Å². The second-order valence-corrected chi connectivity index (χ2v) is 13.9. The van der Waals surface area contributed by atoms with Crippen LogP contribution in [0.25, 0.3) is 0 Å². The largest absolute Gasteiger partial charge is 0.497 e. The van der Waals surface area contributed by atoms with Crippen LogP contribution in [0.2, 0.25) is 0 Å². The summed E-state index contributed by atoms with van der Waals surface area (Å²) in [6.45, 7) is 8.37. The highest BCUT2D eigenvalue weighted by atomic mass is 32.2. The van der Waals surface area contributed by atoms with Gasteiger partial charge in [0.2, 0.25) is 11.0 Å². The number of ketones is 1. The average molecular weight is 615 g/mol. The van der Waals surface area contributed by atoms with Crippen molar-refractivity contribution in [2.45, 2.75) is 56.7 Å². The Kier molecular flexibility index (Phi) is 8.62. The first-order valence-corrected chi connectivity index (χ1v) is 15.8. The highest BCUT2D eigenvalue weighted by molar-refractivity contribution is 8.01. The van der Waals surface area contributed by atoms with Crippen molar-refractivity contribution < 1.29 is 14.3 Å². The van der Waals surface area contributed by atoms with Crippen LogP contribution in [0.4, 0.5) is 10.8 Å². The Hall–Kier alpha value is -4.14. The second kappa shape index (κ2) is 12.2. The van der Waals surface area contributed by atoms with Crippen LogP contribution in [0.1, 0.15) is 63.5 Å². The van der Waals surface area contributed by atoms with Gasteiger partial charge in [0.25, 0.3) is 0 Å². The van der Waals surface area contributed by atoms with E-state index in [4.69, 9.17) is 10.5 Å². The Morgan fingerprint density at radius 3 is 2.65 bits per heavy atom. The van der Waals surface area contributed by atoms with E-state index in [1.165, 1.54) is 28.7 Å². The summed E-state index contributed by atoms with van der Waals surface area (Å²) in [5.74, 6) is 0.621. The third kappa shape index (κ3) is 6.31. The second-order valence-electron chi connectivity index (χ2n) is 11.7. The predicted molar refractivity (Wildman–Crippen MR) is 170 cm³/mol. The molecule has 1 unspecified atom stereocenters. The van der Waals surface area contributed by atoms with E-state index in [2.05, 4.69) is 49.3 Å². The molecule has 2 aliphatic rings. The molecule has 0 saturated heterocycles. The summed E-state index contributed by atoms with van der Waals surface area (Å²) in [6.07, 6.45) is 0.956. The van der Waals surface area contributed by atoms with Gasteiger partial charge in [0.05, 0.1) is 30.4 Å². The van der Waals surface area contributed by atoms with Crippen molar-refractivity contribution in [2.24, 2.45) is 11.1 Å². The molecule has 9 nitrogen and oxygen atoms in total. The summed E-state index contributed by atoms with van der Waals surface area (Å²) >= 11 is 2.52. The van der Waals surface area contributed by atoms with E-state index in [0.29, 0.717) is 50.8 Å². The van der Waals surface area contributed by atoms with Crippen LogP contribution in [0, 0.1) is 16.7 Å². The Morgan fingerprint density at radius 2 is 1.98 bits per heavy atom. The Balaban J connectivity index is 1.45. The normalized spacial score (nSPS) is 18.0. The average Bonchev–Trinajstić information content (AvgIpc) is 3.43. The van der Waals surface area contributed by atoms with Crippen LogP contribution in [0.5, 0.6) is 5.75 Å². The standard InChI is InChI=1S/C32H34N6O3S2/c1-18(2)19-9-11-20(12-10-19)27-23(16-33)29(34)38(24-14-32(3,4)15-25(39)28(24)27)30-36-37-31(43-30)42-17-26(40)35-21-7-6-8-22(13-21)41-5/h6-13,18,27H,14-15,17,34H2,1-5H3,(H,35,40). The molecule has 0 saturated carbocycles. The van der Waals surface area contributed by atoms with Gasteiger partial charge in [0.15, 0.2) is 10.1 Å². The summed E-state index contributed by atoms with van der Waals surface area (Å²) in [5.41, 5.74) is 10.8. The minimum absolute atomic E-state index is 0.00256. The highest BCUT2D eigenvalue weighted by Crippen LogP contribution is 2.50. The molecule has 1 amide bonds. The van der Waals surface area contributed by atoms with E-state index in [0.717, 1.165) is 11.3 Å². The van der Waals surface area contributed by atoms with Crippen molar-refractivity contribution in [3.8, 4) is 11.8 Å². The minimum Gasteiger partial charge on any atom is -0.497 e. The fourth-order valence-corrected chi connectivity index (χ4v) is 7.19. The molecule has 1 aliphatic carbocycles. The van der Waals surface area contributed by atoms with Gasteiger partial charge in [0.1, 0.15) is 11.6 Å². The number of hydrogen-bond acceptors (Lipinski definition) is 10. The van der Waals surface area contributed by atoms with Crippen molar-refractivity contribution in [1.29, 1.82) is 5.26 Å². The highest BCUT2D eigenvalue weighted by Gasteiger charge is 2.45. The lowest BCUT2D eigenvalue weighted by molar-refractivity contribution is -0.118. The molecule has 1 atom stereocenters. The van der Waals surface area contributed by atoms with Crippen molar-refractivity contribution >= 4 is 45.6 Å². The number of benzene rings is 2.